The van der Waals surface area contributed by atoms with Crippen LogP contribution in [-0.4, -0.2) is 21.0 Å². The van der Waals surface area contributed by atoms with E-state index in [0.29, 0.717) is 12.2 Å². The van der Waals surface area contributed by atoms with Crippen LogP contribution < -0.4 is 5.32 Å². The number of carbonyl (C=O) groups excluding carboxylic acids is 1. The Kier molecular flexibility index (Phi) is 1.92. The standard InChI is InChI=1S/C9H10N4O/c1-6-7(2)12-13-8(11-5-14)3-4-10-9(6)13/h3-5H,1-2H3,(H,11,14). The maximum Gasteiger partial charge on any atom is 0.212 e. The maximum absolute atomic E-state index is 10.3. The lowest BCUT2D eigenvalue weighted by Gasteiger charge is -2.00. The number of nitrogens with one attached hydrogen (secondary N) is 1. The van der Waals surface area contributed by atoms with Gasteiger partial charge in [0.2, 0.25) is 6.41 Å². The average Bonchev–Trinajstić information content (AvgIpc) is 2.46. The first-order chi connectivity index (χ1) is 6.74. The first kappa shape index (κ1) is 8.68. The van der Waals surface area contributed by atoms with Gasteiger partial charge in [0.05, 0.1) is 5.69 Å². The molecule has 0 saturated heterocycles. The molecular formula is C9H10N4O. The summed E-state index contributed by atoms with van der Waals surface area (Å²) in [4.78, 5) is 14.5. The Bertz CT molecular complexity index is 489. The van der Waals surface area contributed by atoms with E-state index in [1.807, 2.05) is 13.8 Å². The molecule has 0 fully saturated rings. The molecule has 2 aromatic rings. The normalized spacial score (nSPS) is 10.4. The van der Waals surface area contributed by atoms with Crippen LogP contribution in [0.4, 0.5) is 5.82 Å². The fraction of sp³-hybridized carbons (Fsp3) is 0.222. The molecule has 5 heteroatoms. The largest absolute Gasteiger partial charge is 0.313 e. The number of hydrogen-bond acceptors (Lipinski definition) is 3. The van der Waals surface area contributed by atoms with Gasteiger partial charge in [0.15, 0.2) is 5.65 Å². The highest BCUT2D eigenvalue weighted by Crippen LogP contribution is 2.15. The predicted molar refractivity (Wildman–Crippen MR) is 52.1 cm³/mol. The molecule has 2 rings (SSSR count). The summed E-state index contributed by atoms with van der Waals surface area (Å²) in [6, 6.07) is 1.70. The number of carbonyl (C=O) groups is 1. The van der Waals surface area contributed by atoms with E-state index >= 15 is 0 Å². The van der Waals surface area contributed by atoms with Crippen LogP contribution in [-0.2, 0) is 4.79 Å². The summed E-state index contributed by atoms with van der Waals surface area (Å²) in [5, 5.41) is 6.84. The molecule has 0 aliphatic rings. The Morgan fingerprint density at radius 1 is 1.50 bits per heavy atom. The van der Waals surface area contributed by atoms with Crippen LogP contribution in [0.5, 0.6) is 0 Å². The molecule has 1 N–H and O–H groups in total. The van der Waals surface area contributed by atoms with Crippen LogP contribution in [0.15, 0.2) is 12.3 Å². The highest BCUT2D eigenvalue weighted by molar-refractivity contribution is 5.70. The third kappa shape index (κ3) is 1.14. The van der Waals surface area contributed by atoms with Crippen molar-refractivity contribution in [3.05, 3.63) is 23.5 Å². The molecule has 0 unspecified atom stereocenters. The second-order valence-corrected chi connectivity index (χ2v) is 3.04. The Balaban J connectivity index is 2.74. The molecule has 0 atom stereocenters. The molecule has 2 aromatic heterocycles. The minimum atomic E-state index is 0.626. The smallest absolute Gasteiger partial charge is 0.212 e. The fourth-order valence-corrected chi connectivity index (χ4v) is 1.33. The summed E-state index contributed by atoms with van der Waals surface area (Å²) < 4.78 is 1.62. The Morgan fingerprint density at radius 2 is 2.29 bits per heavy atom. The van der Waals surface area contributed by atoms with E-state index in [0.717, 1.165) is 16.9 Å². The van der Waals surface area contributed by atoms with Crippen molar-refractivity contribution in [1.29, 1.82) is 0 Å². The molecule has 0 saturated carbocycles. The van der Waals surface area contributed by atoms with Crippen molar-refractivity contribution in [3.8, 4) is 0 Å². The number of rotatable bonds is 2. The van der Waals surface area contributed by atoms with Gasteiger partial charge in [-0.2, -0.15) is 9.61 Å². The fourth-order valence-electron chi connectivity index (χ4n) is 1.33. The monoisotopic (exact) mass is 190 g/mol. The molecule has 72 valence electrons. The van der Waals surface area contributed by atoms with Crippen LogP contribution >= 0.6 is 0 Å². The summed E-state index contributed by atoms with van der Waals surface area (Å²) in [7, 11) is 0. The molecule has 1 amide bonds. The van der Waals surface area contributed by atoms with Gasteiger partial charge in [-0.1, -0.05) is 0 Å². The van der Waals surface area contributed by atoms with Crippen LogP contribution in [0.1, 0.15) is 11.3 Å². The van der Waals surface area contributed by atoms with Gasteiger partial charge >= 0.3 is 0 Å². The van der Waals surface area contributed by atoms with Gasteiger partial charge in [-0.05, 0) is 19.9 Å². The second kappa shape index (κ2) is 3.10. The molecule has 5 nitrogen and oxygen atoms in total. The molecular weight excluding hydrogens is 180 g/mol. The van der Waals surface area contributed by atoms with Crippen LogP contribution in [0.25, 0.3) is 5.65 Å². The molecule has 0 aromatic carbocycles. The zero-order valence-electron chi connectivity index (χ0n) is 7.98. The third-order valence-corrected chi connectivity index (χ3v) is 2.19. The van der Waals surface area contributed by atoms with E-state index in [4.69, 9.17) is 0 Å². The Morgan fingerprint density at radius 3 is 3.00 bits per heavy atom. The third-order valence-electron chi connectivity index (χ3n) is 2.19. The Hall–Kier alpha value is -1.91. The number of aromatic nitrogens is 3. The number of nitrogens with zero attached hydrogens (tertiary/aromatic N) is 3. The van der Waals surface area contributed by atoms with Crippen LogP contribution in [0.2, 0.25) is 0 Å². The Labute approximate surface area is 80.8 Å². The quantitative estimate of drug-likeness (QED) is 0.716. The summed E-state index contributed by atoms with van der Waals surface area (Å²) in [5.74, 6) is 0.626. The number of hydrogen-bond donors (Lipinski definition) is 1. The SMILES string of the molecule is Cc1nn2c(NC=O)ccnc2c1C. The zero-order chi connectivity index (χ0) is 10.1. The molecule has 14 heavy (non-hydrogen) atoms. The maximum atomic E-state index is 10.3. The minimum Gasteiger partial charge on any atom is -0.313 e. The zero-order valence-corrected chi connectivity index (χ0v) is 7.98. The molecule has 0 bridgehead atoms. The van der Waals surface area contributed by atoms with Crippen molar-refractivity contribution < 1.29 is 4.79 Å². The second-order valence-electron chi connectivity index (χ2n) is 3.04. The van der Waals surface area contributed by atoms with E-state index in [9.17, 15) is 4.79 Å². The van der Waals surface area contributed by atoms with E-state index in [2.05, 4.69) is 15.4 Å². The highest BCUT2D eigenvalue weighted by atomic mass is 16.1. The molecule has 0 aliphatic heterocycles. The van der Waals surface area contributed by atoms with Gasteiger partial charge in [-0.25, -0.2) is 4.98 Å². The van der Waals surface area contributed by atoms with Crippen molar-refractivity contribution in [2.45, 2.75) is 13.8 Å². The summed E-state index contributed by atoms with van der Waals surface area (Å²) in [6.45, 7) is 3.87. The van der Waals surface area contributed by atoms with Crippen LogP contribution in [0, 0.1) is 13.8 Å². The van der Waals surface area contributed by atoms with Gasteiger partial charge in [-0.3, -0.25) is 4.79 Å². The average molecular weight is 190 g/mol. The van der Waals surface area contributed by atoms with Gasteiger partial charge in [0, 0.05) is 11.8 Å². The van der Waals surface area contributed by atoms with Crippen molar-refractivity contribution in [3.63, 3.8) is 0 Å². The topological polar surface area (TPSA) is 59.3 Å². The number of amides is 1. The summed E-state index contributed by atoms with van der Waals surface area (Å²) in [5.41, 5.74) is 2.71. The molecule has 2 heterocycles. The minimum absolute atomic E-state index is 0.626. The van der Waals surface area contributed by atoms with E-state index in [1.165, 1.54) is 0 Å². The van der Waals surface area contributed by atoms with Gasteiger partial charge in [-0.15, -0.1) is 0 Å². The lowest BCUT2D eigenvalue weighted by molar-refractivity contribution is -0.105. The number of fused-ring (bicyclic) bond motifs is 1. The van der Waals surface area contributed by atoms with Crippen LogP contribution in [0.3, 0.4) is 0 Å². The highest BCUT2D eigenvalue weighted by Gasteiger charge is 2.08. The lowest BCUT2D eigenvalue weighted by atomic mass is 10.3. The predicted octanol–water partition coefficient (Wildman–Crippen LogP) is 0.914. The van der Waals surface area contributed by atoms with Crippen molar-refractivity contribution in [2.75, 3.05) is 5.32 Å². The number of aryl methyl sites for hydroxylation is 2. The van der Waals surface area contributed by atoms with Crippen molar-refractivity contribution >= 4 is 17.9 Å². The van der Waals surface area contributed by atoms with Gasteiger partial charge < -0.3 is 5.32 Å². The lowest BCUT2D eigenvalue weighted by Crippen LogP contribution is -2.02. The van der Waals surface area contributed by atoms with Crippen molar-refractivity contribution in [1.82, 2.24) is 14.6 Å². The first-order valence-corrected chi connectivity index (χ1v) is 4.25. The van der Waals surface area contributed by atoms with Crippen molar-refractivity contribution in [2.24, 2.45) is 0 Å². The van der Waals surface area contributed by atoms with Gasteiger partial charge in [0.1, 0.15) is 5.82 Å². The number of anilines is 1. The molecule has 0 radical (unpaired) electrons. The molecule has 0 spiro atoms. The first-order valence-electron chi connectivity index (χ1n) is 4.25. The van der Waals surface area contributed by atoms with E-state index in [-0.39, 0.29) is 0 Å². The molecule has 0 aliphatic carbocycles. The van der Waals surface area contributed by atoms with E-state index < -0.39 is 0 Å². The van der Waals surface area contributed by atoms with Gasteiger partial charge in [0.25, 0.3) is 0 Å². The van der Waals surface area contributed by atoms with E-state index in [1.54, 1.807) is 16.8 Å². The summed E-state index contributed by atoms with van der Waals surface area (Å²) >= 11 is 0. The summed E-state index contributed by atoms with van der Waals surface area (Å²) in [6.07, 6.45) is 2.27.